The van der Waals surface area contributed by atoms with Crippen LogP contribution in [0, 0.1) is 5.92 Å². The van der Waals surface area contributed by atoms with E-state index in [1.54, 1.807) is 0 Å². The van der Waals surface area contributed by atoms with Crippen molar-refractivity contribution in [2.45, 2.75) is 50.5 Å². The van der Waals surface area contributed by atoms with Gasteiger partial charge < -0.3 is 14.9 Å². The molecule has 2 aliphatic rings. The van der Waals surface area contributed by atoms with Gasteiger partial charge in [0.05, 0.1) is 0 Å². The van der Waals surface area contributed by atoms with Crippen molar-refractivity contribution in [2.75, 3.05) is 13.1 Å². The van der Waals surface area contributed by atoms with Crippen LogP contribution in [0.4, 0.5) is 0 Å². The summed E-state index contributed by atoms with van der Waals surface area (Å²) in [4.78, 5) is 4.45. The zero-order valence-electron chi connectivity index (χ0n) is 10.9. The predicted molar refractivity (Wildman–Crippen MR) is 66.1 cm³/mol. The Kier molecular flexibility index (Phi) is 3.11. The highest BCUT2D eigenvalue weighted by Gasteiger charge is 2.39. The summed E-state index contributed by atoms with van der Waals surface area (Å²) in [7, 11) is 0. The Morgan fingerprint density at radius 3 is 3.06 bits per heavy atom. The highest BCUT2D eigenvalue weighted by molar-refractivity contribution is 5.06. The second-order valence-corrected chi connectivity index (χ2v) is 5.70. The Morgan fingerprint density at radius 1 is 1.50 bits per heavy atom. The number of hydrogen-bond acceptors (Lipinski definition) is 5. The third kappa shape index (κ3) is 2.06. The van der Waals surface area contributed by atoms with Crippen LogP contribution in [-0.4, -0.2) is 28.3 Å². The van der Waals surface area contributed by atoms with Gasteiger partial charge >= 0.3 is 0 Å². The second kappa shape index (κ2) is 4.63. The summed E-state index contributed by atoms with van der Waals surface area (Å²) in [5.41, 5.74) is -0.950. The molecule has 0 aromatic carbocycles. The van der Waals surface area contributed by atoms with Crippen LogP contribution >= 0.6 is 0 Å². The fourth-order valence-corrected chi connectivity index (χ4v) is 3.13. The Hall–Kier alpha value is -0.940. The molecule has 3 atom stereocenters. The van der Waals surface area contributed by atoms with Crippen molar-refractivity contribution in [3.8, 4) is 0 Å². The average molecular weight is 251 g/mol. The summed E-state index contributed by atoms with van der Waals surface area (Å²) in [5.74, 6) is 2.40. The maximum atomic E-state index is 10.4. The number of aliphatic hydroxyl groups is 1. The van der Waals surface area contributed by atoms with Crippen LogP contribution in [0.1, 0.15) is 56.7 Å². The molecule has 1 saturated carbocycles. The molecule has 100 valence electrons. The smallest absolute Gasteiger partial charge is 0.259 e. The van der Waals surface area contributed by atoms with E-state index in [9.17, 15) is 5.11 Å². The highest BCUT2D eigenvalue weighted by Crippen LogP contribution is 2.39. The van der Waals surface area contributed by atoms with Gasteiger partial charge in [-0.05, 0) is 38.1 Å². The molecule has 5 heteroatoms. The minimum atomic E-state index is -0.950. The van der Waals surface area contributed by atoms with E-state index in [1.165, 1.54) is 12.8 Å². The van der Waals surface area contributed by atoms with Crippen LogP contribution in [0.25, 0.3) is 0 Å². The normalized spacial score (nSPS) is 36.3. The van der Waals surface area contributed by atoms with Crippen LogP contribution in [-0.2, 0) is 5.60 Å². The van der Waals surface area contributed by atoms with E-state index in [0.717, 1.165) is 31.1 Å². The second-order valence-electron chi connectivity index (χ2n) is 5.70. The molecule has 1 aromatic rings. The Bertz CT molecular complexity index is 412. The first-order valence-electron chi connectivity index (χ1n) is 6.98. The lowest BCUT2D eigenvalue weighted by Crippen LogP contribution is -2.28. The number of nitrogens with one attached hydrogen (secondary N) is 1. The molecule has 3 rings (SSSR count). The van der Waals surface area contributed by atoms with Gasteiger partial charge in [-0.25, -0.2) is 0 Å². The van der Waals surface area contributed by atoms with E-state index in [4.69, 9.17) is 4.52 Å². The molecule has 18 heavy (non-hydrogen) atoms. The molecule has 0 radical (unpaired) electrons. The van der Waals surface area contributed by atoms with Crippen LogP contribution in [0.5, 0.6) is 0 Å². The molecule has 0 bridgehead atoms. The molecular formula is C13H21N3O2. The van der Waals surface area contributed by atoms with E-state index in [0.29, 0.717) is 24.8 Å². The van der Waals surface area contributed by atoms with E-state index in [-0.39, 0.29) is 0 Å². The van der Waals surface area contributed by atoms with Crippen LogP contribution in [0.3, 0.4) is 0 Å². The number of aromatic nitrogens is 2. The molecule has 0 amide bonds. The molecule has 3 unspecified atom stereocenters. The minimum Gasteiger partial charge on any atom is -0.379 e. The van der Waals surface area contributed by atoms with Gasteiger partial charge in [0.1, 0.15) is 0 Å². The number of rotatable bonds is 3. The third-order valence-electron chi connectivity index (χ3n) is 4.46. The van der Waals surface area contributed by atoms with E-state index < -0.39 is 5.60 Å². The first-order valence-corrected chi connectivity index (χ1v) is 6.98. The molecule has 1 aromatic heterocycles. The fraction of sp³-hybridized carbons (Fsp3) is 0.846. The van der Waals surface area contributed by atoms with Crippen LogP contribution in [0.15, 0.2) is 4.52 Å². The molecule has 2 fully saturated rings. The van der Waals surface area contributed by atoms with Crippen molar-refractivity contribution in [2.24, 2.45) is 5.92 Å². The predicted octanol–water partition coefficient (Wildman–Crippen LogP) is 1.54. The van der Waals surface area contributed by atoms with Crippen molar-refractivity contribution in [1.82, 2.24) is 15.5 Å². The Labute approximate surface area is 107 Å². The topological polar surface area (TPSA) is 71.2 Å². The van der Waals surface area contributed by atoms with E-state index in [1.807, 2.05) is 0 Å². The SMILES string of the molecule is CCC1CCC(c2noc(C3(O)CCNC3)n2)C1. The highest BCUT2D eigenvalue weighted by atomic mass is 16.5. The molecule has 5 nitrogen and oxygen atoms in total. The van der Waals surface area contributed by atoms with Crippen LogP contribution in [0.2, 0.25) is 0 Å². The van der Waals surface area contributed by atoms with Crippen molar-refractivity contribution < 1.29 is 9.63 Å². The summed E-state index contributed by atoms with van der Waals surface area (Å²) in [5, 5.41) is 17.6. The Balaban J connectivity index is 1.74. The fourth-order valence-electron chi connectivity index (χ4n) is 3.13. The van der Waals surface area contributed by atoms with Gasteiger partial charge in [-0.1, -0.05) is 18.5 Å². The number of β-amino-alcohol motifs (C(OH)–C–C–N with tert-alkyl or cyclic N) is 1. The van der Waals surface area contributed by atoms with Crippen molar-refractivity contribution in [3.63, 3.8) is 0 Å². The first kappa shape index (κ1) is 12.1. The summed E-state index contributed by atoms with van der Waals surface area (Å²) < 4.78 is 5.28. The van der Waals surface area contributed by atoms with Crippen molar-refractivity contribution >= 4 is 0 Å². The summed E-state index contributed by atoms with van der Waals surface area (Å²) in [6.07, 6.45) is 5.45. The lowest BCUT2D eigenvalue weighted by atomic mass is 10.0. The number of hydrogen-bond donors (Lipinski definition) is 2. The zero-order valence-corrected chi connectivity index (χ0v) is 10.9. The lowest BCUT2D eigenvalue weighted by molar-refractivity contribution is 0.0243. The van der Waals surface area contributed by atoms with E-state index >= 15 is 0 Å². The van der Waals surface area contributed by atoms with E-state index in [2.05, 4.69) is 22.4 Å². The van der Waals surface area contributed by atoms with Gasteiger partial charge in [0.15, 0.2) is 11.4 Å². The molecule has 2 N–H and O–H groups in total. The maximum absolute atomic E-state index is 10.4. The summed E-state index contributed by atoms with van der Waals surface area (Å²) >= 11 is 0. The zero-order chi connectivity index (χ0) is 12.6. The number of nitrogens with zero attached hydrogens (tertiary/aromatic N) is 2. The first-order chi connectivity index (χ1) is 8.71. The van der Waals surface area contributed by atoms with Gasteiger partial charge in [0, 0.05) is 12.5 Å². The van der Waals surface area contributed by atoms with Crippen molar-refractivity contribution in [3.05, 3.63) is 11.7 Å². The van der Waals surface area contributed by atoms with Gasteiger partial charge in [-0.15, -0.1) is 0 Å². The third-order valence-corrected chi connectivity index (χ3v) is 4.46. The average Bonchev–Trinajstić information content (AvgIpc) is 3.08. The molecule has 0 spiro atoms. The van der Waals surface area contributed by atoms with Gasteiger partial charge in [-0.2, -0.15) is 4.98 Å². The van der Waals surface area contributed by atoms with Gasteiger partial charge in [-0.3, -0.25) is 0 Å². The standard InChI is InChI=1S/C13H21N3O2/c1-2-9-3-4-10(7-9)11-15-12(18-16-11)13(17)5-6-14-8-13/h9-10,14,17H,2-8H2,1H3. The molecule has 2 heterocycles. The molecule has 1 saturated heterocycles. The van der Waals surface area contributed by atoms with Gasteiger partial charge in [0.2, 0.25) is 0 Å². The van der Waals surface area contributed by atoms with Crippen molar-refractivity contribution in [1.29, 1.82) is 0 Å². The molecule has 1 aliphatic carbocycles. The molecular weight excluding hydrogens is 230 g/mol. The maximum Gasteiger partial charge on any atom is 0.259 e. The lowest BCUT2D eigenvalue weighted by Gasteiger charge is -2.14. The minimum absolute atomic E-state index is 0.391. The molecule has 1 aliphatic heterocycles. The summed E-state index contributed by atoms with van der Waals surface area (Å²) in [6, 6.07) is 0. The van der Waals surface area contributed by atoms with Gasteiger partial charge in [0.25, 0.3) is 5.89 Å². The van der Waals surface area contributed by atoms with Crippen LogP contribution < -0.4 is 5.32 Å². The monoisotopic (exact) mass is 251 g/mol. The Morgan fingerprint density at radius 2 is 2.39 bits per heavy atom. The quantitative estimate of drug-likeness (QED) is 0.852. The summed E-state index contributed by atoms with van der Waals surface area (Å²) in [6.45, 7) is 3.55. The largest absolute Gasteiger partial charge is 0.379 e.